The molecule has 1 saturated heterocycles. The van der Waals surface area contributed by atoms with E-state index < -0.39 is 0 Å². The van der Waals surface area contributed by atoms with Gasteiger partial charge in [-0.15, -0.1) is 0 Å². The highest BCUT2D eigenvalue weighted by Crippen LogP contribution is 2.30. The van der Waals surface area contributed by atoms with Gasteiger partial charge in [0.05, 0.1) is 29.0 Å². The Morgan fingerprint density at radius 2 is 2.00 bits per heavy atom. The van der Waals surface area contributed by atoms with Crippen molar-refractivity contribution in [3.63, 3.8) is 0 Å². The molecule has 6 heteroatoms. The molecule has 4 heterocycles. The van der Waals surface area contributed by atoms with Gasteiger partial charge in [0.1, 0.15) is 5.76 Å². The van der Waals surface area contributed by atoms with Gasteiger partial charge in [-0.05, 0) is 51.9 Å². The molecule has 1 aliphatic heterocycles. The van der Waals surface area contributed by atoms with Crippen LogP contribution >= 0.6 is 0 Å². The summed E-state index contributed by atoms with van der Waals surface area (Å²) in [7, 11) is 2.01. The number of piperidine rings is 1. The van der Waals surface area contributed by atoms with E-state index in [4.69, 9.17) is 9.51 Å². The van der Waals surface area contributed by atoms with Crippen LogP contribution in [0.2, 0.25) is 0 Å². The van der Waals surface area contributed by atoms with Crippen LogP contribution < -0.4 is 0 Å². The number of likely N-dealkylation sites (tertiary alicyclic amines) is 1. The van der Waals surface area contributed by atoms with Gasteiger partial charge in [0, 0.05) is 31.4 Å². The molecule has 0 radical (unpaired) electrons. The van der Waals surface area contributed by atoms with Crippen molar-refractivity contribution in [2.75, 3.05) is 13.1 Å². The highest BCUT2D eigenvalue weighted by Gasteiger charge is 2.23. The molecule has 3 aromatic rings. The van der Waals surface area contributed by atoms with Gasteiger partial charge in [-0.1, -0.05) is 11.2 Å². The van der Waals surface area contributed by atoms with Gasteiger partial charge in [0.15, 0.2) is 0 Å². The third kappa shape index (κ3) is 3.42. The van der Waals surface area contributed by atoms with Crippen molar-refractivity contribution in [2.24, 2.45) is 7.05 Å². The lowest BCUT2D eigenvalue weighted by atomic mass is 9.92. The minimum absolute atomic E-state index is 0.510. The van der Waals surface area contributed by atoms with Crippen LogP contribution in [0.25, 0.3) is 11.3 Å². The molecule has 0 amide bonds. The highest BCUT2D eigenvalue weighted by molar-refractivity contribution is 5.63. The second-order valence-electron chi connectivity index (χ2n) is 7.23. The third-order valence-electron chi connectivity index (χ3n) is 5.21. The molecule has 0 atom stereocenters. The quantitative estimate of drug-likeness (QED) is 0.720. The number of hydrogen-bond acceptors (Lipinski definition) is 5. The van der Waals surface area contributed by atoms with Gasteiger partial charge in [-0.25, -0.2) is 4.98 Å². The largest absolute Gasteiger partial charge is 0.361 e. The zero-order valence-corrected chi connectivity index (χ0v) is 15.6. The molecule has 0 spiro atoms. The van der Waals surface area contributed by atoms with Crippen LogP contribution in [0.3, 0.4) is 0 Å². The normalized spacial score (nSPS) is 16.3. The molecule has 0 bridgehead atoms. The summed E-state index contributed by atoms with van der Waals surface area (Å²) in [5.41, 5.74) is 5.22. The van der Waals surface area contributed by atoms with Gasteiger partial charge in [0.25, 0.3) is 0 Å². The maximum absolute atomic E-state index is 5.30. The van der Waals surface area contributed by atoms with Crippen LogP contribution in [0.1, 0.15) is 41.6 Å². The lowest BCUT2D eigenvalue weighted by Crippen LogP contribution is -2.32. The molecule has 0 aliphatic carbocycles. The Labute approximate surface area is 153 Å². The van der Waals surface area contributed by atoms with E-state index in [1.54, 1.807) is 0 Å². The smallest absolute Gasteiger partial charge is 0.143 e. The first kappa shape index (κ1) is 17.0. The summed E-state index contributed by atoms with van der Waals surface area (Å²) in [6, 6.07) is 6.30. The summed E-state index contributed by atoms with van der Waals surface area (Å²) < 4.78 is 7.31. The van der Waals surface area contributed by atoms with E-state index in [1.807, 2.05) is 37.9 Å². The number of nitrogens with zero attached hydrogens (tertiary/aromatic N) is 5. The molecule has 3 aromatic heterocycles. The monoisotopic (exact) mass is 351 g/mol. The first-order valence-corrected chi connectivity index (χ1v) is 9.19. The van der Waals surface area contributed by atoms with E-state index >= 15 is 0 Å². The fraction of sp³-hybridized carbons (Fsp3) is 0.450. The third-order valence-corrected chi connectivity index (χ3v) is 5.21. The van der Waals surface area contributed by atoms with Gasteiger partial charge in [0.2, 0.25) is 0 Å². The van der Waals surface area contributed by atoms with Crippen molar-refractivity contribution in [2.45, 2.75) is 39.2 Å². The van der Waals surface area contributed by atoms with Crippen LogP contribution in [0.15, 0.2) is 35.2 Å². The fourth-order valence-corrected chi connectivity index (χ4v) is 3.83. The second-order valence-corrected chi connectivity index (χ2v) is 7.23. The average Bonchev–Trinajstić information content (AvgIpc) is 3.20. The number of pyridine rings is 1. The Morgan fingerprint density at radius 3 is 2.65 bits per heavy atom. The molecular weight excluding hydrogens is 326 g/mol. The van der Waals surface area contributed by atoms with Gasteiger partial charge in [-0.2, -0.15) is 0 Å². The van der Waals surface area contributed by atoms with Gasteiger partial charge >= 0.3 is 0 Å². The summed E-state index contributed by atoms with van der Waals surface area (Å²) >= 11 is 0. The zero-order chi connectivity index (χ0) is 18.1. The Morgan fingerprint density at radius 1 is 1.19 bits per heavy atom. The van der Waals surface area contributed by atoms with Crippen molar-refractivity contribution in [3.05, 3.63) is 53.6 Å². The molecular formula is C20H25N5O. The standard InChI is InChI=1S/C20H25N5O/c1-14-20(15(2)26-23-14)19-6-4-5-18(22-19)16-7-9-25(10-8-16)12-17-11-24(3)13-21-17/h4-6,11,13,16H,7-10,12H2,1-3H3. The van der Waals surface area contributed by atoms with Crippen LogP contribution in [-0.4, -0.2) is 37.7 Å². The number of hydrogen-bond donors (Lipinski definition) is 0. The molecule has 0 N–H and O–H groups in total. The molecule has 26 heavy (non-hydrogen) atoms. The maximum atomic E-state index is 5.30. The van der Waals surface area contributed by atoms with Crippen LogP contribution in [0.5, 0.6) is 0 Å². The lowest BCUT2D eigenvalue weighted by Gasteiger charge is -2.31. The first-order chi connectivity index (χ1) is 12.6. The van der Waals surface area contributed by atoms with Crippen molar-refractivity contribution >= 4 is 0 Å². The van der Waals surface area contributed by atoms with Crippen molar-refractivity contribution in [1.82, 2.24) is 24.6 Å². The number of rotatable bonds is 4. The van der Waals surface area contributed by atoms with E-state index in [0.717, 1.165) is 60.9 Å². The van der Waals surface area contributed by atoms with E-state index in [9.17, 15) is 0 Å². The van der Waals surface area contributed by atoms with E-state index in [-0.39, 0.29) is 0 Å². The Kier molecular flexibility index (Phi) is 4.59. The van der Waals surface area contributed by atoms with Crippen LogP contribution in [-0.2, 0) is 13.6 Å². The maximum Gasteiger partial charge on any atom is 0.143 e. The minimum atomic E-state index is 0.510. The molecule has 1 fully saturated rings. The zero-order valence-electron chi connectivity index (χ0n) is 15.6. The molecule has 136 valence electrons. The predicted molar refractivity (Wildman–Crippen MR) is 99.7 cm³/mol. The average molecular weight is 351 g/mol. The molecule has 0 aromatic carbocycles. The molecule has 0 unspecified atom stereocenters. The first-order valence-electron chi connectivity index (χ1n) is 9.19. The summed E-state index contributed by atoms with van der Waals surface area (Å²) in [4.78, 5) is 11.9. The summed E-state index contributed by atoms with van der Waals surface area (Å²) in [6.07, 6.45) is 6.22. The number of aryl methyl sites for hydroxylation is 3. The lowest BCUT2D eigenvalue weighted by molar-refractivity contribution is 0.201. The highest BCUT2D eigenvalue weighted by atomic mass is 16.5. The minimum Gasteiger partial charge on any atom is -0.361 e. The molecule has 6 nitrogen and oxygen atoms in total. The van der Waals surface area contributed by atoms with Crippen molar-refractivity contribution in [1.29, 1.82) is 0 Å². The predicted octanol–water partition coefficient (Wildman–Crippen LogP) is 3.47. The Balaban J connectivity index is 1.44. The molecule has 1 aliphatic rings. The van der Waals surface area contributed by atoms with E-state index in [0.29, 0.717) is 5.92 Å². The molecule has 4 rings (SSSR count). The Bertz CT molecular complexity index is 870. The topological polar surface area (TPSA) is 60.0 Å². The Hall–Kier alpha value is -2.47. The van der Waals surface area contributed by atoms with Crippen molar-refractivity contribution in [3.8, 4) is 11.3 Å². The SMILES string of the molecule is Cc1noc(C)c1-c1cccc(C2CCN(Cc3cn(C)cn3)CC2)n1. The number of aromatic nitrogens is 4. The summed E-state index contributed by atoms with van der Waals surface area (Å²) in [5, 5.41) is 4.06. The van der Waals surface area contributed by atoms with Crippen LogP contribution in [0, 0.1) is 13.8 Å². The number of imidazole rings is 1. The van der Waals surface area contributed by atoms with Crippen LogP contribution in [0.4, 0.5) is 0 Å². The summed E-state index contributed by atoms with van der Waals surface area (Å²) in [6.45, 7) is 7.01. The van der Waals surface area contributed by atoms with E-state index in [1.165, 1.54) is 5.69 Å². The van der Waals surface area contributed by atoms with E-state index in [2.05, 4.69) is 33.4 Å². The molecule has 0 saturated carbocycles. The van der Waals surface area contributed by atoms with Gasteiger partial charge in [-0.3, -0.25) is 9.88 Å². The summed E-state index contributed by atoms with van der Waals surface area (Å²) in [5.74, 6) is 1.34. The fourth-order valence-electron chi connectivity index (χ4n) is 3.83. The van der Waals surface area contributed by atoms with Gasteiger partial charge < -0.3 is 9.09 Å². The second kappa shape index (κ2) is 7.03. The van der Waals surface area contributed by atoms with Crippen molar-refractivity contribution < 1.29 is 4.52 Å².